The van der Waals surface area contributed by atoms with E-state index in [0.717, 1.165) is 30.0 Å². The largest absolute Gasteiger partial charge is 0.452 e. The van der Waals surface area contributed by atoms with Crippen molar-refractivity contribution in [3.8, 4) is 0 Å². The summed E-state index contributed by atoms with van der Waals surface area (Å²) in [6.07, 6.45) is 4.16. The van der Waals surface area contributed by atoms with Crippen LogP contribution in [0, 0.1) is 27.7 Å². The van der Waals surface area contributed by atoms with Crippen molar-refractivity contribution in [1.82, 2.24) is 5.01 Å². The molecule has 1 amide bonds. The zero-order chi connectivity index (χ0) is 28.4. The number of esters is 1. The van der Waals surface area contributed by atoms with Crippen molar-refractivity contribution in [2.45, 2.75) is 25.3 Å². The first kappa shape index (κ1) is 27.1. The average Bonchev–Trinajstić information content (AvgIpc) is 3.34. The van der Waals surface area contributed by atoms with Crippen molar-refractivity contribution in [3.63, 3.8) is 0 Å². The minimum atomic E-state index is -0.937. The highest BCUT2D eigenvalue weighted by Gasteiger charge is 2.44. The summed E-state index contributed by atoms with van der Waals surface area (Å²) >= 11 is 5.81. The van der Waals surface area contributed by atoms with Gasteiger partial charge in [0.25, 0.3) is 11.6 Å². The van der Waals surface area contributed by atoms with Gasteiger partial charge in [0, 0.05) is 12.0 Å². The molecule has 11 heteroatoms. The lowest BCUT2D eigenvalue weighted by Gasteiger charge is -2.29. The standard InChI is InChI=1S/C29H22ClF2N3O5/c30-24-13-8-20(15-25(24)35(38)39)29(37)40-16-26(36)34-28(18-6-11-22(32)12-7-18)23-3-1-2-19(27(23)33-34)14-17-4-9-21(31)10-5-17/h4-15,23,28H,1-3,16H2. The van der Waals surface area contributed by atoms with E-state index in [1.807, 2.05) is 6.08 Å². The molecule has 0 spiro atoms. The number of nitro groups is 1. The number of fused-ring (bicyclic) bond motifs is 1. The van der Waals surface area contributed by atoms with Crippen LogP contribution in [-0.2, 0) is 9.53 Å². The fourth-order valence-corrected chi connectivity index (χ4v) is 5.20. The number of ether oxygens (including phenoxy) is 1. The zero-order valence-corrected chi connectivity index (χ0v) is 21.7. The summed E-state index contributed by atoms with van der Waals surface area (Å²) in [5, 5.41) is 16.9. The van der Waals surface area contributed by atoms with Crippen molar-refractivity contribution < 1.29 is 28.0 Å². The lowest BCUT2D eigenvalue weighted by molar-refractivity contribution is -0.384. The monoisotopic (exact) mass is 565 g/mol. The second-order valence-electron chi connectivity index (χ2n) is 9.44. The number of rotatable bonds is 6. The van der Waals surface area contributed by atoms with Crippen molar-refractivity contribution in [3.05, 3.63) is 116 Å². The Morgan fingerprint density at radius 1 is 1.07 bits per heavy atom. The molecule has 0 radical (unpaired) electrons. The van der Waals surface area contributed by atoms with Crippen LogP contribution in [0.4, 0.5) is 14.5 Å². The van der Waals surface area contributed by atoms with E-state index in [9.17, 15) is 28.5 Å². The summed E-state index contributed by atoms with van der Waals surface area (Å²) in [5.41, 5.74) is 2.45. The van der Waals surface area contributed by atoms with Crippen LogP contribution in [0.15, 0.2) is 77.4 Å². The van der Waals surface area contributed by atoms with Gasteiger partial charge in [-0.05, 0) is 78.4 Å². The molecule has 204 valence electrons. The van der Waals surface area contributed by atoms with Gasteiger partial charge < -0.3 is 4.74 Å². The summed E-state index contributed by atoms with van der Waals surface area (Å²) < 4.78 is 32.3. The summed E-state index contributed by atoms with van der Waals surface area (Å²) in [6.45, 7) is -0.673. The van der Waals surface area contributed by atoms with Crippen LogP contribution in [-0.4, -0.2) is 34.1 Å². The predicted molar refractivity (Wildman–Crippen MR) is 144 cm³/mol. The first-order valence-electron chi connectivity index (χ1n) is 12.4. The molecule has 3 aromatic rings. The smallest absolute Gasteiger partial charge is 0.338 e. The normalized spacial score (nSPS) is 19.2. The lowest BCUT2D eigenvalue weighted by atomic mass is 9.77. The van der Waals surface area contributed by atoms with Crippen LogP contribution in [0.3, 0.4) is 0 Å². The fraction of sp³-hybridized carbons (Fsp3) is 0.207. The van der Waals surface area contributed by atoms with E-state index >= 15 is 0 Å². The maximum absolute atomic E-state index is 13.7. The summed E-state index contributed by atoms with van der Waals surface area (Å²) in [4.78, 5) is 36.4. The van der Waals surface area contributed by atoms with E-state index < -0.39 is 41.0 Å². The summed E-state index contributed by atoms with van der Waals surface area (Å²) in [6, 6.07) is 14.7. The molecule has 0 N–H and O–H groups in total. The molecular weight excluding hydrogens is 544 g/mol. The lowest BCUT2D eigenvalue weighted by Crippen LogP contribution is -2.34. The van der Waals surface area contributed by atoms with E-state index in [-0.39, 0.29) is 22.3 Å². The number of hydrogen-bond donors (Lipinski definition) is 0. The maximum atomic E-state index is 13.7. The third-order valence-electron chi connectivity index (χ3n) is 6.88. The van der Waals surface area contributed by atoms with E-state index in [2.05, 4.69) is 5.10 Å². The number of allylic oxidation sites excluding steroid dienone is 1. The van der Waals surface area contributed by atoms with Gasteiger partial charge in [0.2, 0.25) is 0 Å². The number of nitro benzene ring substituents is 1. The van der Waals surface area contributed by atoms with Crippen LogP contribution >= 0.6 is 11.6 Å². The predicted octanol–water partition coefficient (Wildman–Crippen LogP) is 6.51. The number of benzene rings is 3. The third kappa shape index (κ3) is 5.62. The molecule has 1 aliphatic carbocycles. The molecule has 0 bridgehead atoms. The maximum Gasteiger partial charge on any atom is 0.338 e. The van der Waals surface area contributed by atoms with Gasteiger partial charge in [-0.25, -0.2) is 18.6 Å². The molecule has 1 aliphatic heterocycles. The average molecular weight is 566 g/mol. The molecule has 8 nitrogen and oxygen atoms in total. The highest BCUT2D eigenvalue weighted by molar-refractivity contribution is 6.32. The Bertz CT molecular complexity index is 1540. The Morgan fingerprint density at radius 3 is 2.42 bits per heavy atom. The number of hydrazone groups is 1. The Morgan fingerprint density at radius 2 is 1.75 bits per heavy atom. The molecule has 3 aromatic carbocycles. The van der Waals surface area contributed by atoms with Gasteiger partial charge in [-0.3, -0.25) is 14.9 Å². The highest BCUT2D eigenvalue weighted by atomic mass is 35.5. The van der Waals surface area contributed by atoms with Gasteiger partial charge in [-0.2, -0.15) is 5.10 Å². The molecule has 1 saturated carbocycles. The van der Waals surface area contributed by atoms with Gasteiger partial charge in [-0.15, -0.1) is 0 Å². The van der Waals surface area contributed by atoms with Gasteiger partial charge >= 0.3 is 5.97 Å². The van der Waals surface area contributed by atoms with Gasteiger partial charge in [0.05, 0.1) is 22.2 Å². The van der Waals surface area contributed by atoms with Crippen LogP contribution in [0.1, 0.15) is 46.8 Å². The van der Waals surface area contributed by atoms with Crippen LogP contribution < -0.4 is 0 Å². The van der Waals surface area contributed by atoms with Gasteiger partial charge in [-0.1, -0.05) is 35.9 Å². The Balaban J connectivity index is 1.42. The number of nitrogens with zero attached hydrogens (tertiary/aromatic N) is 3. The van der Waals surface area contributed by atoms with E-state index in [4.69, 9.17) is 16.3 Å². The Labute approximate surface area is 232 Å². The Kier molecular flexibility index (Phi) is 7.70. The second kappa shape index (κ2) is 11.4. The first-order valence-corrected chi connectivity index (χ1v) is 12.8. The molecule has 40 heavy (non-hydrogen) atoms. The molecule has 0 aromatic heterocycles. The first-order chi connectivity index (χ1) is 19.2. The fourth-order valence-electron chi connectivity index (χ4n) is 5.02. The SMILES string of the molecule is O=C(OCC(=O)N1N=C2C(=Cc3ccc(F)cc3)CCCC2C1c1ccc(F)cc1)c1ccc(Cl)c([N+](=O)[O-])c1. The number of carbonyl (C=O) groups excluding carboxylic acids is 2. The molecule has 0 saturated heterocycles. The summed E-state index contributed by atoms with van der Waals surface area (Å²) in [5.74, 6) is -2.52. The topological polar surface area (TPSA) is 102 Å². The molecular formula is C29H22ClF2N3O5. The van der Waals surface area contributed by atoms with Crippen molar-refractivity contribution >= 4 is 41.0 Å². The number of halogens is 3. The molecule has 2 unspecified atom stereocenters. The Hall–Kier alpha value is -4.44. The molecule has 2 aliphatic rings. The number of hydrogen-bond acceptors (Lipinski definition) is 6. The van der Waals surface area contributed by atoms with Crippen LogP contribution in [0.2, 0.25) is 5.02 Å². The van der Waals surface area contributed by atoms with E-state index in [1.165, 1.54) is 41.4 Å². The van der Waals surface area contributed by atoms with Gasteiger partial charge in [0.1, 0.15) is 16.7 Å². The van der Waals surface area contributed by atoms with Crippen molar-refractivity contribution in [1.29, 1.82) is 0 Å². The second-order valence-corrected chi connectivity index (χ2v) is 9.85. The van der Waals surface area contributed by atoms with Crippen LogP contribution in [0.5, 0.6) is 0 Å². The highest BCUT2D eigenvalue weighted by Crippen LogP contribution is 2.44. The van der Waals surface area contributed by atoms with Crippen molar-refractivity contribution in [2.24, 2.45) is 11.0 Å². The third-order valence-corrected chi connectivity index (χ3v) is 7.20. The zero-order valence-electron chi connectivity index (χ0n) is 20.9. The van der Waals surface area contributed by atoms with Crippen LogP contribution in [0.25, 0.3) is 6.08 Å². The quantitative estimate of drug-likeness (QED) is 0.193. The van der Waals surface area contributed by atoms with Gasteiger partial charge in [0.15, 0.2) is 6.61 Å². The number of amides is 1. The molecule has 2 atom stereocenters. The molecule has 1 fully saturated rings. The molecule has 1 heterocycles. The number of carbonyl (C=O) groups is 2. The molecule has 5 rings (SSSR count). The van der Waals surface area contributed by atoms with Crippen molar-refractivity contribution in [2.75, 3.05) is 6.61 Å². The summed E-state index contributed by atoms with van der Waals surface area (Å²) in [7, 11) is 0. The minimum absolute atomic E-state index is 0.134. The van der Waals surface area contributed by atoms with E-state index in [0.29, 0.717) is 17.7 Å². The minimum Gasteiger partial charge on any atom is -0.452 e. The van der Waals surface area contributed by atoms with E-state index in [1.54, 1.807) is 24.3 Å².